The number of aromatic nitrogens is 2. The van der Waals surface area contributed by atoms with Gasteiger partial charge in [-0.25, -0.2) is 0 Å². The Bertz CT molecular complexity index is 465. The lowest BCUT2D eigenvalue weighted by molar-refractivity contribution is -0.384. The topological polar surface area (TPSA) is 81.0 Å². The fourth-order valence-electron chi connectivity index (χ4n) is 1.86. The summed E-state index contributed by atoms with van der Waals surface area (Å²) in [6, 6.07) is 0. The SMILES string of the molecule is O=[N+]([O-])c1c(Cl)nc(Cl)nc1NCCC1CCC1. The van der Waals surface area contributed by atoms with E-state index in [1.807, 2.05) is 0 Å². The number of hydrogen-bond donors (Lipinski definition) is 1. The highest BCUT2D eigenvalue weighted by Crippen LogP contribution is 2.32. The summed E-state index contributed by atoms with van der Waals surface area (Å²) < 4.78 is 0. The van der Waals surface area contributed by atoms with Crippen molar-refractivity contribution in [2.45, 2.75) is 25.7 Å². The smallest absolute Gasteiger partial charge is 0.348 e. The van der Waals surface area contributed by atoms with Gasteiger partial charge in [0.25, 0.3) is 0 Å². The highest BCUT2D eigenvalue weighted by Gasteiger charge is 2.23. The summed E-state index contributed by atoms with van der Waals surface area (Å²) in [6.07, 6.45) is 4.70. The van der Waals surface area contributed by atoms with Gasteiger partial charge in [0, 0.05) is 6.54 Å². The van der Waals surface area contributed by atoms with Crippen LogP contribution in [-0.4, -0.2) is 21.4 Å². The van der Waals surface area contributed by atoms with Crippen LogP contribution in [-0.2, 0) is 0 Å². The Balaban J connectivity index is 2.07. The molecule has 0 aromatic carbocycles. The van der Waals surface area contributed by atoms with Crippen LogP contribution in [0.5, 0.6) is 0 Å². The molecule has 98 valence electrons. The zero-order valence-electron chi connectivity index (χ0n) is 9.53. The van der Waals surface area contributed by atoms with Crippen molar-refractivity contribution >= 4 is 34.7 Å². The first-order valence-corrected chi connectivity index (χ1v) is 6.45. The fourth-order valence-corrected chi connectivity index (χ4v) is 2.31. The average Bonchev–Trinajstić information content (AvgIpc) is 2.19. The molecule has 6 nitrogen and oxygen atoms in total. The third-order valence-corrected chi connectivity index (χ3v) is 3.50. The van der Waals surface area contributed by atoms with Gasteiger partial charge in [-0.15, -0.1) is 0 Å². The number of halogens is 2. The lowest BCUT2D eigenvalue weighted by atomic mass is 9.83. The first kappa shape index (κ1) is 13.3. The summed E-state index contributed by atoms with van der Waals surface area (Å²) in [6.45, 7) is 0.620. The molecule has 1 N–H and O–H groups in total. The summed E-state index contributed by atoms with van der Waals surface area (Å²) in [4.78, 5) is 17.6. The van der Waals surface area contributed by atoms with Crippen LogP contribution in [0.4, 0.5) is 11.5 Å². The molecule has 0 aliphatic heterocycles. The van der Waals surface area contributed by atoms with Crippen molar-refractivity contribution in [3.05, 3.63) is 20.6 Å². The van der Waals surface area contributed by atoms with Gasteiger partial charge in [-0.1, -0.05) is 30.9 Å². The fraction of sp³-hybridized carbons (Fsp3) is 0.600. The first-order chi connectivity index (χ1) is 8.58. The number of anilines is 1. The second-order valence-corrected chi connectivity index (χ2v) is 4.95. The Morgan fingerprint density at radius 3 is 2.67 bits per heavy atom. The zero-order chi connectivity index (χ0) is 13.1. The molecule has 1 aliphatic rings. The highest BCUT2D eigenvalue weighted by atomic mass is 35.5. The molecule has 1 fully saturated rings. The van der Waals surface area contributed by atoms with E-state index in [-0.39, 0.29) is 21.9 Å². The largest absolute Gasteiger partial charge is 0.364 e. The summed E-state index contributed by atoms with van der Waals surface area (Å²) in [5, 5.41) is 13.4. The van der Waals surface area contributed by atoms with E-state index < -0.39 is 4.92 Å². The molecule has 0 unspecified atom stereocenters. The average molecular weight is 291 g/mol. The second kappa shape index (κ2) is 5.67. The van der Waals surface area contributed by atoms with Crippen LogP contribution in [0.25, 0.3) is 0 Å². The van der Waals surface area contributed by atoms with Gasteiger partial charge < -0.3 is 5.32 Å². The molecule has 0 bridgehead atoms. The molecule has 1 heterocycles. The monoisotopic (exact) mass is 290 g/mol. The van der Waals surface area contributed by atoms with Crippen molar-refractivity contribution in [3.63, 3.8) is 0 Å². The summed E-state index contributed by atoms with van der Waals surface area (Å²) >= 11 is 11.3. The van der Waals surface area contributed by atoms with E-state index in [0.717, 1.165) is 6.42 Å². The van der Waals surface area contributed by atoms with Crippen LogP contribution in [0.2, 0.25) is 10.4 Å². The van der Waals surface area contributed by atoms with E-state index in [2.05, 4.69) is 15.3 Å². The van der Waals surface area contributed by atoms with Crippen molar-refractivity contribution in [1.29, 1.82) is 0 Å². The van der Waals surface area contributed by atoms with Gasteiger partial charge in [-0.05, 0) is 23.9 Å². The quantitative estimate of drug-likeness (QED) is 0.389. The Labute approximate surface area is 114 Å². The minimum atomic E-state index is -0.607. The number of nitrogens with zero attached hydrogens (tertiary/aromatic N) is 3. The Morgan fingerprint density at radius 1 is 1.39 bits per heavy atom. The van der Waals surface area contributed by atoms with Gasteiger partial charge in [0.15, 0.2) is 0 Å². The number of hydrogen-bond acceptors (Lipinski definition) is 5. The third-order valence-electron chi connectivity index (χ3n) is 3.07. The standard InChI is InChI=1S/C10H12Cl2N4O2/c11-8-7(16(17)18)9(15-10(12)14-8)13-5-4-6-2-1-3-6/h6H,1-5H2,(H,13,14,15). The predicted molar refractivity (Wildman–Crippen MR) is 69.2 cm³/mol. The van der Waals surface area contributed by atoms with Gasteiger partial charge in [-0.3, -0.25) is 10.1 Å². The lowest BCUT2D eigenvalue weighted by Gasteiger charge is -2.25. The van der Waals surface area contributed by atoms with Crippen LogP contribution >= 0.6 is 23.2 Å². The Kier molecular flexibility index (Phi) is 4.19. The van der Waals surface area contributed by atoms with Crippen molar-refractivity contribution in [3.8, 4) is 0 Å². The molecule has 8 heteroatoms. The molecule has 1 aromatic heterocycles. The van der Waals surface area contributed by atoms with Gasteiger partial charge in [0.2, 0.25) is 16.3 Å². The molecule has 0 radical (unpaired) electrons. The predicted octanol–water partition coefficient (Wildman–Crippen LogP) is 3.29. The lowest BCUT2D eigenvalue weighted by Crippen LogP contribution is -2.16. The molecule has 1 saturated carbocycles. The second-order valence-electron chi connectivity index (χ2n) is 4.25. The molecule has 2 rings (SSSR count). The summed E-state index contributed by atoms with van der Waals surface area (Å²) in [5.74, 6) is 0.800. The van der Waals surface area contributed by atoms with E-state index in [1.165, 1.54) is 19.3 Å². The van der Waals surface area contributed by atoms with E-state index >= 15 is 0 Å². The van der Waals surface area contributed by atoms with Crippen molar-refractivity contribution in [2.75, 3.05) is 11.9 Å². The molecule has 1 aromatic rings. The molecule has 0 atom stereocenters. The Hall–Kier alpha value is -1.14. The first-order valence-electron chi connectivity index (χ1n) is 5.69. The molecular formula is C10H12Cl2N4O2. The van der Waals surface area contributed by atoms with Crippen LogP contribution in [0.1, 0.15) is 25.7 Å². The molecular weight excluding hydrogens is 279 g/mol. The third kappa shape index (κ3) is 3.00. The maximum Gasteiger partial charge on any atom is 0.348 e. The number of nitrogens with one attached hydrogen (secondary N) is 1. The maximum absolute atomic E-state index is 10.9. The van der Waals surface area contributed by atoms with E-state index in [9.17, 15) is 10.1 Å². The Morgan fingerprint density at radius 2 is 2.11 bits per heavy atom. The van der Waals surface area contributed by atoms with E-state index in [0.29, 0.717) is 12.5 Å². The number of rotatable bonds is 5. The van der Waals surface area contributed by atoms with Gasteiger partial charge >= 0.3 is 5.69 Å². The van der Waals surface area contributed by atoms with Crippen LogP contribution in [0, 0.1) is 16.0 Å². The van der Waals surface area contributed by atoms with Gasteiger partial charge in [0.05, 0.1) is 4.92 Å². The van der Waals surface area contributed by atoms with Crippen LogP contribution < -0.4 is 5.32 Å². The summed E-state index contributed by atoms with van der Waals surface area (Å²) in [7, 11) is 0. The van der Waals surface area contributed by atoms with Gasteiger partial charge in [0.1, 0.15) is 0 Å². The minimum Gasteiger partial charge on any atom is -0.364 e. The van der Waals surface area contributed by atoms with Crippen molar-refractivity contribution in [2.24, 2.45) is 5.92 Å². The molecule has 0 saturated heterocycles. The van der Waals surface area contributed by atoms with Crippen LogP contribution in [0.3, 0.4) is 0 Å². The number of nitro groups is 1. The molecule has 0 spiro atoms. The summed E-state index contributed by atoms with van der Waals surface area (Å²) in [5.41, 5.74) is -0.324. The minimum absolute atomic E-state index is 0.0873. The molecule has 1 aliphatic carbocycles. The molecule has 0 amide bonds. The van der Waals surface area contributed by atoms with E-state index in [4.69, 9.17) is 23.2 Å². The zero-order valence-corrected chi connectivity index (χ0v) is 11.0. The highest BCUT2D eigenvalue weighted by molar-refractivity contribution is 6.33. The van der Waals surface area contributed by atoms with Crippen molar-refractivity contribution < 1.29 is 4.92 Å². The molecule has 18 heavy (non-hydrogen) atoms. The maximum atomic E-state index is 10.9. The van der Waals surface area contributed by atoms with Crippen LogP contribution in [0.15, 0.2) is 0 Å². The van der Waals surface area contributed by atoms with E-state index in [1.54, 1.807) is 0 Å². The van der Waals surface area contributed by atoms with Gasteiger partial charge in [-0.2, -0.15) is 9.97 Å². The normalized spacial score (nSPS) is 15.2. The van der Waals surface area contributed by atoms with Crippen molar-refractivity contribution in [1.82, 2.24) is 9.97 Å².